The van der Waals surface area contributed by atoms with E-state index in [2.05, 4.69) is 5.32 Å². The van der Waals surface area contributed by atoms with Crippen LogP contribution in [0.4, 0.5) is 0 Å². The standard InChI is InChI=1S/C7H46N2O15Si14/c1-10-25-12-27-14-29-16-31-18-33-20-35-22-37-24-38(7-3-5-9-6-4-8)23-36-21-34-19-32-17-30-15-28-13-26-11-2/h9,38H,3-8,25-37H2,1-2H3. The Balaban J connectivity index is 3.70. The van der Waals surface area contributed by atoms with E-state index in [1.807, 2.05) is 0 Å². The van der Waals surface area contributed by atoms with Gasteiger partial charge in [-0.3, -0.25) is 0 Å². The Kier molecular flexibility index (Phi) is 39.7. The molecule has 0 heterocycles. The van der Waals surface area contributed by atoms with E-state index in [0.717, 1.165) is 25.6 Å². The zero-order chi connectivity index (χ0) is 27.6. The van der Waals surface area contributed by atoms with Crippen molar-refractivity contribution < 1.29 is 62.3 Å². The second kappa shape index (κ2) is 37.4. The van der Waals surface area contributed by atoms with Crippen LogP contribution in [-0.4, -0.2) is 173 Å². The van der Waals surface area contributed by atoms with Crippen LogP contribution >= 0.6 is 0 Å². The van der Waals surface area contributed by atoms with Gasteiger partial charge in [0.05, 0.1) is 0 Å². The lowest BCUT2D eigenvalue weighted by Gasteiger charge is -2.18. The predicted molar refractivity (Wildman–Crippen MR) is 178 cm³/mol. The Hall–Kier alpha value is 2.36. The van der Waals surface area contributed by atoms with Gasteiger partial charge in [0, 0.05) is 27.3 Å². The molecule has 31 heteroatoms. The third kappa shape index (κ3) is 34.6. The van der Waals surface area contributed by atoms with Gasteiger partial charge in [-0.05, 0) is 19.0 Å². The number of rotatable bonds is 34. The summed E-state index contributed by atoms with van der Waals surface area (Å²) in [5.74, 6) is 0. The van der Waals surface area contributed by atoms with Gasteiger partial charge in [-0.1, -0.05) is 0 Å². The Morgan fingerprint density at radius 2 is 0.842 bits per heavy atom. The van der Waals surface area contributed by atoms with E-state index in [0.29, 0.717) is 6.54 Å². The maximum Gasteiger partial charge on any atom is 0.303 e. The third-order valence-electron chi connectivity index (χ3n) is 3.69. The molecule has 17 nitrogen and oxygen atoms in total. The van der Waals surface area contributed by atoms with Crippen molar-refractivity contribution in [3.63, 3.8) is 0 Å². The molecule has 38 heavy (non-hydrogen) atoms. The van der Waals surface area contributed by atoms with Gasteiger partial charge < -0.3 is 73.4 Å². The average molecular weight is 792 g/mol. The van der Waals surface area contributed by atoms with E-state index in [4.69, 9.17) is 68.1 Å². The van der Waals surface area contributed by atoms with Crippen LogP contribution < -0.4 is 11.1 Å². The molecule has 0 saturated heterocycles. The van der Waals surface area contributed by atoms with Crippen molar-refractivity contribution in [2.45, 2.75) is 12.5 Å². The highest BCUT2D eigenvalue weighted by Crippen LogP contribution is 2.00. The number of nitrogens with two attached hydrogens (primary N) is 1. The first-order chi connectivity index (χ1) is 18.8. The van der Waals surface area contributed by atoms with Crippen LogP contribution in [0.1, 0.15) is 6.42 Å². The molecule has 0 aromatic rings. The molecule has 0 amide bonds. The van der Waals surface area contributed by atoms with Crippen LogP contribution in [-0.2, 0) is 62.3 Å². The molecular formula is C7H46N2O15Si14. The van der Waals surface area contributed by atoms with Gasteiger partial charge in [0.15, 0.2) is 0 Å². The van der Waals surface area contributed by atoms with E-state index < -0.39 is 139 Å². The van der Waals surface area contributed by atoms with Gasteiger partial charge in [-0.15, -0.1) is 0 Å². The van der Waals surface area contributed by atoms with E-state index in [-0.39, 0.29) is 0 Å². The first-order valence-corrected chi connectivity index (χ1v) is 28.6. The highest BCUT2D eigenvalue weighted by molar-refractivity contribution is 6.58. The lowest BCUT2D eigenvalue weighted by Crippen LogP contribution is -2.31. The van der Waals surface area contributed by atoms with Crippen molar-refractivity contribution in [2.75, 3.05) is 33.9 Å². The summed E-state index contributed by atoms with van der Waals surface area (Å²) >= 11 is 0. The molecule has 0 rings (SSSR count). The van der Waals surface area contributed by atoms with Gasteiger partial charge in [-0.2, -0.15) is 0 Å². The van der Waals surface area contributed by atoms with Crippen LogP contribution in [0.5, 0.6) is 0 Å². The molecule has 0 bridgehead atoms. The summed E-state index contributed by atoms with van der Waals surface area (Å²) in [5, 5.41) is 3.29. The summed E-state index contributed by atoms with van der Waals surface area (Å²) in [7, 11) is -11.6. The minimum Gasteiger partial charge on any atom is -0.425 e. The van der Waals surface area contributed by atoms with Crippen LogP contribution in [0.15, 0.2) is 0 Å². The summed E-state index contributed by atoms with van der Waals surface area (Å²) in [6.07, 6.45) is 0.966. The summed E-state index contributed by atoms with van der Waals surface area (Å²) in [4.78, 5) is 0. The largest absolute Gasteiger partial charge is 0.425 e. The highest BCUT2D eigenvalue weighted by Gasteiger charge is 2.13. The Bertz CT molecular complexity index is 451. The zero-order valence-electron chi connectivity index (χ0n) is 22.5. The maximum absolute atomic E-state index is 6.01. The molecule has 0 aliphatic heterocycles. The molecule has 0 aromatic carbocycles. The number of hydrogen-bond acceptors (Lipinski definition) is 17. The summed E-state index contributed by atoms with van der Waals surface area (Å²) < 4.78 is 82.1. The van der Waals surface area contributed by atoms with Crippen molar-refractivity contribution in [2.24, 2.45) is 5.73 Å². The minimum absolute atomic E-state index is 0.626. The first-order valence-electron chi connectivity index (χ1n) is 11.8. The van der Waals surface area contributed by atoms with Crippen molar-refractivity contribution in [1.82, 2.24) is 5.32 Å². The SMILES string of the molecule is CO[SiH2]O[SiH2]O[SiH2]O[SiH2]O[SiH2]O[SiH2]O[SiH2]O[SiH](CCCNCCN)O[SiH2]O[SiH2]O[SiH2]O[SiH2]O[SiH2]O[SiH2]OC. The Labute approximate surface area is 257 Å². The smallest absolute Gasteiger partial charge is 0.303 e. The minimum atomic E-state index is -1.83. The first kappa shape index (κ1) is 40.4. The van der Waals surface area contributed by atoms with Crippen LogP contribution in [0, 0.1) is 0 Å². The van der Waals surface area contributed by atoms with Crippen LogP contribution in [0.2, 0.25) is 6.04 Å². The Morgan fingerprint density at radius 3 is 1.18 bits per heavy atom. The van der Waals surface area contributed by atoms with Gasteiger partial charge in [0.1, 0.15) is 0 Å². The fourth-order valence-corrected chi connectivity index (χ4v) is 27.1. The topological polar surface area (TPSA) is 176 Å². The molecule has 0 radical (unpaired) electrons. The Morgan fingerprint density at radius 1 is 0.500 bits per heavy atom. The monoisotopic (exact) mass is 790 g/mol. The molecule has 0 spiro atoms. The molecule has 230 valence electrons. The molecule has 0 fully saturated rings. The lowest BCUT2D eigenvalue weighted by molar-refractivity contribution is 0.338. The van der Waals surface area contributed by atoms with Crippen LogP contribution in [0.3, 0.4) is 0 Å². The van der Waals surface area contributed by atoms with Gasteiger partial charge >= 0.3 is 9.28 Å². The molecule has 0 aromatic heterocycles. The van der Waals surface area contributed by atoms with E-state index >= 15 is 0 Å². The molecule has 1 unspecified atom stereocenters. The fourth-order valence-electron chi connectivity index (χ4n) is 2.15. The zero-order valence-corrected chi connectivity index (χ0v) is 42.0. The second-order valence-corrected chi connectivity index (χ2v) is 33.1. The van der Waals surface area contributed by atoms with Crippen molar-refractivity contribution in [1.29, 1.82) is 0 Å². The van der Waals surface area contributed by atoms with Crippen molar-refractivity contribution >= 4 is 139 Å². The normalized spacial score (nSPS) is 16.5. The molecule has 0 aliphatic rings. The molecular weight excluding hydrogens is 745 g/mol. The molecule has 3 N–H and O–H groups in total. The second-order valence-electron chi connectivity index (χ2n) is 6.80. The third-order valence-corrected chi connectivity index (χ3v) is 23.8. The predicted octanol–water partition coefficient (Wildman–Crippen LogP) is -13.4. The summed E-state index contributed by atoms with van der Waals surface area (Å²) in [5.41, 5.74) is 5.51. The van der Waals surface area contributed by atoms with Gasteiger partial charge in [0.2, 0.25) is 0 Å². The van der Waals surface area contributed by atoms with E-state index in [1.165, 1.54) is 0 Å². The summed E-state index contributed by atoms with van der Waals surface area (Å²) in [6.45, 7) is 2.32. The maximum atomic E-state index is 6.01. The number of nitrogens with one attached hydrogen (secondary N) is 1. The lowest BCUT2D eigenvalue weighted by atomic mass is 10.5. The van der Waals surface area contributed by atoms with Gasteiger partial charge in [-0.25, -0.2) is 0 Å². The van der Waals surface area contributed by atoms with Crippen molar-refractivity contribution in [3.05, 3.63) is 0 Å². The average Bonchev–Trinajstić information content (AvgIpc) is 2.93. The summed E-state index contributed by atoms with van der Waals surface area (Å²) in [6, 6.07) is 0.891. The van der Waals surface area contributed by atoms with Gasteiger partial charge in [0.25, 0.3) is 130 Å². The molecule has 1 atom stereocenters. The molecule has 0 saturated carbocycles. The van der Waals surface area contributed by atoms with Crippen molar-refractivity contribution in [3.8, 4) is 0 Å². The number of hydrogen-bond donors (Lipinski definition) is 2. The highest BCUT2D eigenvalue weighted by atomic mass is 28.4. The molecule has 0 aliphatic carbocycles. The fraction of sp³-hybridized carbons (Fsp3) is 1.00. The van der Waals surface area contributed by atoms with Crippen LogP contribution in [0.25, 0.3) is 0 Å². The van der Waals surface area contributed by atoms with E-state index in [1.54, 1.807) is 14.2 Å². The quantitative estimate of drug-likeness (QED) is 0.0464. The van der Waals surface area contributed by atoms with E-state index in [9.17, 15) is 0 Å².